The lowest BCUT2D eigenvalue weighted by Gasteiger charge is -2.18. The number of likely N-dealkylation sites (tertiary alicyclic amines) is 1. The van der Waals surface area contributed by atoms with Crippen molar-refractivity contribution in [3.63, 3.8) is 0 Å². The van der Waals surface area contributed by atoms with Crippen molar-refractivity contribution in [2.45, 2.75) is 39.3 Å². The fourth-order valence-corrected chi connectivity index (χ4v) is 4.57. The second-order valence-corrected chi connectivity index (χ2v) is 8.39. The van der Waals surface area contributed by atoms with Crippen LogP contribution < -0.4 is 10.2 Å². The topological polar surface area (TPSA) is 94.7 Å². The van der Waals surface area contributed by atoms with Gasteiger partial charge in [-0.1, -0.05) is 0 Å². The summed E-state index contributed by atoms with van der Waals surface area (Å²) in [5, 5.41) is 3.03. The minimum atomic E-state index is -0.362. The van der Waals surface area contributed by atoms with Gasteiger partial charge in [-0.2, -0.15) is 0 Å². The number of carbonyl (C=O) groups is 3. The molecule has 2 N–H and O–H groups in total. The van der Waals surface area contributed by atoms with Gasteiger partial charge in [0.15, 0.2) is 0 Å². The summed E-state index contributed by atoms with van der Waals surface area (Å²) >= 11 is 0. The zero-order valence-corrected chi connectivity index (χ0v) is 18.5. The minimum absolute atomic E-state index is 0.0328. The zero-order chi connectivity index (χ0) is 23.0. The fourth-order valence-electron chi connectivity index (χ4n) is 4.57. The number of nitrogens with zero attached hydrogens (tertiary/aromatic N) is 2. The monoisotopic (exact) mass is 442 g/mol. The summed E-state index contributed by atoms with van der Waals surface area (Å²) < 4.78 is 18.4. The minimum Gasteiger partial charge on any atom is -0.375 e. The quantitative estimate of drug-likeness (QED) is 0.714. The molecule has 2 aliphatic rings. The second kappa shape index (κ2) is 8.74. The number of aromatic nitrogens is 1. The number of benzene rings is 1. The third kappa shape index (κ3) is 4.12. The van der Waals surface area contributed by atoms with Crippen LogP contribution in [0.25, 0.3) is 0 Å². The van der Waals surface area contributed by atoms with Gasteiger partial charge < -0.3 is 24.8 Å². The van der Waals surface area contributed by atoms with Crippen LogP contribution in [0.15, 0.2) is 18.2 Å². The van der Waals surface area contributed by atoms with Gasteiger partial charge in [-0.15, -0.1) is 0 Å². The molecule has 0 bridgehead atoms. The summed E-state index contributed by atoms with van der Waals surface area (Å²) in [6.45, 7) is 5.03. The van der Waals surface area contributed by atoms with Crippen LogP contribution in [-0.4, -0.2) is 60.5 Å². The average molecular weight is 442 g/mol. The lowest BCUT2D eigenvalue weighted by atomic mass is 10.1. The number of aromatic amines is 1. The number of anilines is 1. The van der Waals surface area contributed by atoms with Gasteiger partial charge in [0, 0.05) is 43.3 Å². The summed E-state index contributed by atoms with van der Waals surface area (Å²) in [4.78, 5) is 44.1. The molecule has 170 valence electrons. The number of hydrogen-bond donors (Lipinski definition) is 2. The molecule has 0 aliphatic carbocycles. The van der Waals surface area contributed by atoms with Crippen LogP contribution in [0.4, 0.5) is 10.1 Å². The molecule has 4 rings (SSSR count). The predicted octanol–water partition coefficient (Wildman–Crippen LogP) is 1.84. The normalized spacial score (nSPS) is 17.8. The maximum Gasteiger partial charge on any atom is 0.253 e. The van der Waals surface area contributed by atoms with Crippen LogP contribution in [0.2, 0.25) is 0 Å². The number of methoxy groups -OCH3 is 1. The Labute approximate surface area is 185 Å². The van der Waals surface area contributed by atoms with E-state index in [2.05, 4.69) is 10.3 Å². The molecule has 1 aromatic carbocycles. The van der Waals surface area contributed by atoms with Crippen LogP contribution in [0.5, 0.6) is 0 Å². The summed E-state index contributed by atoms with van der Waals surface area (Å²) in [5.74, 6) is -0.756. The number of nitrogens with one attached hydrogen (secondary N) is 2. The first-order chi connectivity index (χ1) is 15.3. The SMILES string of the molecule is COCC(=O)N1CC[C@H](NC(=O)c2c(C)[nH]c(CN3C(=O)Cc4cc(F)ccc43)c2C)C1. The molecule has 3 amide bonds. The van der Waals surface area contributed by atoms with Crippen molar-refractivity contribution in [1.82, 2.24) is 15.2 Å². The Hall–Kier alpha value is -3.20. The van der Waals surface area contributed by atoms with Crippen molar-refractivity contribution in [2.24, 2.45) is 0 Å². The Morgan fingerprint density at radius 2 is 2.09 bits per heavy atom. The van der Waals surface area contributed by atoms with E-state index in [1.165, 1.54) is 19.2 Å². The van der Waals surface area contributed by atoms with Gasteiger partial charge in [0.2, 0.25) is 11.8 Å². The number of rotatable bonds is 6. The number of carbonyl (C=O) groups excluding carboxylic acids is 3. The van der Waals surface area contributed by atoms with Crippen molar-refractivity contribution < 1.29 is 23.5 Å². The first kappa shape index (κ1) is 22.0. The molecule has 32 heavy (non-hydrogen) atoms. The first-order valence-electron chi connectivity index (χ1n) is 10.6. The van der Waals surface area contributed by atoms with Crippen LogP contribution in [-0.2, 0) is 27.3 Å². The third-order valence-electron chi connectivity index (χ3n) is 6.20. The fraction of sp³-hybridized carbons (Fsp3) is 0.435. The first-order valence-corrected chi connectivity index (χ1v) is 10.6. The van der Waals surface area contributed by atoms with Crippen LogP contribution in [0.3, 0.4) is 0 Å². The highest BCUT2D eigenvalue weighted by Gasteiger charge is 2.31. The standard InChI is InChI=1S/C23H27FN4O4/c1-13-18(11-28-19-5-4-16(24)8-15(19)9-20(28)29)25-14(2)22(13)23(31)26-17-6-7-27(10-17)21(30)12-32-3/h4-5,8,17,25H,6-7,9-12H2,1-3H3,(H,26,31)/t17-/m0/s1. The molecule has 1 saturated heterocycles. The van der Waals surface area contributed by atoms with E-state index in [4.69, 9.17) is 4.74 Å². The number of H-pyrrole nitrogens is 1. The van der Waals surface area contributed by atoms with Gasteiger partial charge in [0.25, 0.3) is 5.91 Å². The van der Waals surface area contributed by atoms with Crippen LogP contribution in [0, 0.1) is 19.7 Å². The van der Waals surface area contributed by atoms with Crippen molar-refractivity contribution in [3.05, 3.63) is 52.1 Å². The Bertz CT molecular complexity index is 1080. The molecule has 2 aliphatic heterocycles. The molecule has 3 heterocycles. The second-order valence-electron chi connectivity index (χ2n) is 8.39. The molecule has 2 aromatic rings. The van der Waals surface area contributed by atoms with E-state index in [0.717, 1.165) is 11.3 Å². The zero-order valence-electron chi connectivity index (χ0n) is 18.5. The van der Waals surface area contributed by atoms with E-state index in [1.54, 1.807) is 15.9 Å². The van der Waals surface area contributed by atoms with E-state index in [0.29, 0.717) is 42.0 Å². The van der Waals surface area contributed by atoms with Crippen molar-refractivity contribution in [1.29, 1.82) is 0 Å². The van der Waals surface area contributed by atoms with Gasteiger partial charge in [0.05, 0.1) is 18.5 Å². The summed E-state index contributed by atoms with van der Waals surface area (Å²) in [6, 6.07) is 4.23. The van der Waals surface area contributed by atoms with Gasteiger partial charge >= 0.3 is 0 Å². The van der Waals surface area contributed by atoms with Crippen molar-refractivity contribution >= 4 is 23.4 Å². The molecule has 1 aromatic heterocycles. The number of halogens is 1. The Kier molecular flexibility index (Phi) is 6.01. The Morgan fingerprint density at radius 1 is 1.31 bits per heavy atom. The molecular formula is C23H27FN4O4. The predicted molar refractivity (Wildman–Crippen MR) is 116 cm³/mol. The summed E-state index contributed by atoms with van der Waals surface area (Å²) in [6.07, 6.45) is 0.853. The average Bonchev–Trinajstić information content (AvgIpc) is 3.39. The number of ether oxygens (including phenoxy) is 1. The maximum atomic E-state index is 13.5. The largest absolute Gasteiger partial charge is 0.375 e. The van der Waals surface area contributed by atoms with Crippen molar-refractivity contribution in [2.75, 3.05) is 31.7 Å². The van der Waals surface area contributed by atoms with E-state index in [-0.39, 0.29) is 49.2 Å². The summed E-state index contributed by atoms with van der Waals surface area (Å²) in [5.41, 5.74) is 4.16. The van der Waals surface area contributed by atoms with E-state index < -0.39 is 0 Å². The smallest absolute Gasteiger partial charge is 0.253 e. The van der Waals surface area contributed by atoms with Gasteiger partial charge in [0.1, 0.15) is 12.4 Å². The Morgan fingerprint density at radius 3 is 2.84 bits per heavy atom. The molecule has 0 spiro atoms. The molecule has 8 nitrogen and oxygen atoms in total. The van der Waals surface area contributed by atoms with Crippen LogP contribution in [0.1, 0.15) is 39.3 Å². The van der Waals surface area contributed by atoms with Gasteiger partial charge in [-0.3, -0.25) is 14.4 Å². The lowest BCUT2D eigenvalue weighted by Crippen LogP contribution is -2.39. The number of amides is 3. The molecule has 0 radical (unpaired) electrons. The molecule has 9 heteroatoms. The maximum absolute atomic E-state index is 13.5. The molecule has 0 saturated carbocycles. The third-order valence-corrected chi connectivity index (χ3v) is 6.20. The molecule has 0 unspecified atom stereocenters. The number of hydrogen-bond acceptors (Lipinski definition) is 4. The Balaban J connectivity index is 1.46. The van der Waals surface area contributed by atoms with Crippen molar-refractivity contribution in [3.8, 4) is 0 Å². The number of aryl methyl sites for hydroxylation is 1. The molecule has 1 fully saturated rings. The molecule has 1 atom stereocenters. The lowest BCUT2D eigenvalue weighted by molar-refractivity contribution is -0.134. The molecular weight excluding hydrogens is 415 g/mol. The van der Waals surface area contributed by atoms with Gasteiger partial charge in [-0.05, 0) is 49.6 Å². The highest BCUT2D eigenvalue weighted by atomic mass is 19.1. The highest BCUT2D eigenvalue weighted by Crippen LogP contribution is 2.32. The van der Waals surface area contributed by atoms with E-state index in [9.17, 15) is 18.8 Å². The summed E-state index contributed by atoms with van der Waals surface area (Å²) in [7, 11) is 1.48. The van der Waals surface area contributed by atoms with Crippen LogP contribution >= 0.6 is 0 Å². The van der Waals surface area contributed by atoms with Gasteiger partial charge in [-0.25, -0.2) is 4.39 Å². The van der Waals surface area contributed by atoms with E-state index in [1.807, 2.05) is 13.8 Å². The number of fused-ring (bicyclic) bond motifs is 1. The van der Waals surface area contributed by atoms with E-state index >= 15 is 0 Å². The highest BCUT2D eigenvalue weighted by molar-refractivity contribution is 6.01.